The van der Waals surface area contributed by atoms with Crippen LogP contribution in [0.2, 0.25) is 0 Å². The Balaban J connectivity index is 1.93. The van der Waals surface area contributed by atoms with Crippen LogP contribution in [0.25, 0.3) is 0 Å². The molecular weight excluding hydrogens is 218 g/mol. The lowest BCUT2D eigenvalue weighted by Crippen LogP contribution is -2.56. The number of morpholine rings is 1. The Labute approximate surface area is 92.9 Å². The number of nitrogens with zero attached hydrogens (tertiary/aromatic N) is 1. The third kappa shape index (κ3) is 2.68. The zero-order valence-electron chi connectivity index (χ0n) is 9.05. The normalized spacial score (nSPS) is 30.1. The van der Waals surface area contributed by atoms with Crippen molar-refractivity contribution < 1.29 is 18.3 Å². The topological polar surface area (TPSA) is 41.6 Å². The van der Waals surface area contributed by atoms with E-state index in [4.69, 9.17) is 4.74 Å². The molecule has 4 nitrogen and oxygen atoms in total. The van der Waals surface area contributed by atoms with E-state index in [9.17, 15) is 13.6 Å². The first-order chi connectivity index (χ1) is 7.58. The fourth-order valence-electron chi connectivity index (χ4n) is 2.10. The second kappa shape index (κ2) is 4.63. The summed E-state index contributed by atoms with van der Waals surface area (Å²) >= 11 is 0. The monoisotopic (exact) mass is 234 g/mol. The minimum atomic E-state index is -2.73. The van der Waals surface area contributed by atoms with Gasteiger partial charge in [0.25, 0.3) is 5.92 Å². The second-order valence-electron chi connectivity index (χ2n) is 4.30. The quantitative estimate of drug-likeness (QED) is 0.706. The summed E-state index contributed by atoms with van der Waals surface area (Å²) in [6.45, 7) is 1.41. The molecule has 2 saturated heterocycles. The van der Waals surface area contributed by atoms with Crippen molar-refractivity contribution >= 4 is 5.91 Å². The molecule has 6 heteroatoms. The number of halogens is 2. The summed E-state index contributed by atoms with van der Waals surface area (Å²) in [5.74, 6) is -3.00. The molecule has 0 aromatic heterocycles. The number of carbonyl (C=O) groups excluding carboxylic acids is 1. The molecule has 2 rings (SSSR count). The Morgan fingerprint density at radius 2 is 2.31 bits per heavy atom. The molecule has 0 aromatic rings. The van der Waals surface area contributed by atoms with Gasteiger partial charge in [0.2, 0.25) is 5.91 Å². The molecule has 0 aromatic carbocycles. The average molecular weight is 234 g/mol. The van der Waals surface area contributed by atoms with Crippen LogP contribution in [-0.4, -0.2) is 55.6 Å². The molecule has 2 fully saturated rings. The van der Waals surface area contributed by atoms with Crippen LogP contribution in [0.4, 0.5) is 8.78 Å². The smallest absolute Gasteiger partial charge is 0.265 e. The van der Waals surface area contributed by atoms with Gasteiger partial charge in [-0.15, -0.1) is 0 Å². The van der Waals surface area contributed by atoms with Gasteiger partial charge in [-0.05, 0) is 6.42 Å². The highest BCUT2D eigenvalue weighted by Gasteiger charge is 2.39. The molecule has 0 saturated carbocycles. The van der Waals surface area contributed by atoms with Crippen molar-refractivity contribution in [3.63, 3.8) is 0 Å². The van der Waals surface area contributed by atoms with Gasteiger partial charge in [-0.1, -0.05) is 0 Å². The maximum absolute atomic E-state index is 13.1. The number of hydrogen-bond donors (Lipinski definition) is 1. The van der Waals surface area contributed by atoms with E-state index in [0.717, 1.165) is 0 Å². The van der Waals surface area contributed by atoms with Crippen molar-refractivity contribution in [2.45, 2.75) is 24.8 Å². The third-order valence-corrected chi connectivity index (χ3v) is 2.92. The van der Waals surface area contributed by atoms with Crippen LogP contribution >= 0.6 is 0 Å². The number of nitrogens with one attached hydrogen (secondary N) is 1. The fraction of sp³-hybridized carbons (Fsp3) is 0.900. The molecule has 2 heterocycles. The van der Waals surface area contributed by atoms with Crippen LogP contribution in [-0.2, 0) is 9.53 Å². The van der Waals surface area contributed by atoms with Crippen LogP contribution < -0.4 is 5.32 Å². The summed E-state index contributed by atoms with van der Waals surface area (Å²) in [7, 11) is 0. The number of carbonyl (C=O) groups is 1. The highest BCUT2D eigenvalue weighted by atomic mass is 19.3. The molecule has 92 valence electrons. The van der Waals surface area contributed by atoms with E-state index in [-0.39, 0.29) is 18.9 Å². The van der Waals surface area contributed by atoms with Crippen LogP contribution in [0.5, 0.6) is 0 Å². The largest absolute Gasteiger partial charge is 0.378 e. The first-order valence-corrected chi connectivity index (χ1v) is 5.56. The van der Waals surface area contributed by atoms with Gasteiger partial charge in [0.15, 0.2) is 0 Å². The summed E-state index contributed by atoms with van der Waals surface area (Å²) in [6, 6.07) is -0.456. The van der Waals surface area contributed by atoms with E-state index in [2.05, 4.69) is 5.32 Å². The van der Waals surface area contributed by atoms with E-state index in [0.29, 0.717) is 26.1 Å². The van der Waals surface area contributed by atoms with Gasteiger partial charge >= 0.3 is 0 Å². The molecule has 0 spiro atoms. The van der Waals surface area contributed by atoms with E-state index in [1.807, 2.05) is 0 Å². The molecule has 1 atom stereocenters. The molecular formula is C10H16F2N2O2. The summed E-state index contributed by atoms with van der Waals surface area (Å²) in [5, 5.41) is 2.98. The Hall–Kier alpha value is -0.750. The zero-order valence-corrected chi connectivity index (χ0v) is 9.05. The number of rotatable bonds is 1. The predicted octanol–water partition coefficient (Wildman–Crippen LogP) is 0.233. The first-order valence-electron chi connectivity index (χ1n) is 5.56. The Bertz CT molecular complexity index is 268. The Kier molecular flexibility index (Phi) is 3.39. The van der Waals surface area contributed by atoms with Crippen molar-refractivity contribution in [1.29, 1.82) is 0 Å². The van der Waals surface area contributed by atoms with Gasteiger partial charge < -0.3 is 15.0 Å². The molecule has 1 N–H and O–H groups in total. The molecule has 0 bridgehead atoms. The number of hydrogen-bond acceptors (Lipinski definition) is 3. The maximum atomic E-state index is 13.1. The van der Waals surface area contributed by atoms with Crippen molar-refractivity contribution in [2.24, 2.45) is 0 Å². The summed E-state index contributed by atoms with van der Waals surface area (Å²) < 4.78 is 31.4. The summed E-state index contributed by atoms with van der Waals surface area (Å²) in [6.07, 6.45) is 0.248. The van der Waals surface area contributed by atoms with E-state index < -0.39 is 18.5 Å². The Morgan fingerprint density at radius 3 is 2.94 bits per heavy atom. The number of likely N-dealkylation sites (tertiary alicyclic amines) is 1. The summed E-state index contributed by atoms with van der Waals surface area (Å²) in [5.41, 5.74) is 0. The molecule has 1 amide bonds. The van der Waals surface area contributed by atoms with Crippen LogP contribution in [0, 0.1) is 0 Å². The van der Waals surface area contributed by atoms with Gasteiger partial charge in [-0.2, -0.15) is 0 Å². The van der Waals surface area contributed by atoms with E-state index >= 15 is 0 Å². The van der Waals surface area contributed by atoms with Gasteiger partial charge in [0.05, 0.1) is 19.8 Å². The van der Waals surface area contributed by atoms with E-state index in [1.165, 1.54) is 4.90 Å². The van der Waals surface area contributed by atoms with Crippen molar-refractivity contribution in [3.8, 4) is 0 Å². The highest BCUT2D eigenvalue weighted by Crippen LogP contribution is 2.26. The second-order valence-corrected chi connectivity index (χ2v) is 4.30. The average Bonchev–Trinajstić information content (AvgIpc) is 2.28. The lowest BCUT2D eigenvalue weighted by molar-refractivity contribution is -0.146. The number of ether oxygens (including phenoxy) is 1. The standard InChI is InChI=1S/C10H16F2N2O2/c11-10(12)2-1-4-14(7-10)9(15)8-6-16-5-3-13-8/h8,13H,1-7H2. The third-order valence-electron chi connectivity index (χ3n) is 2.92. The van der Waals surface area contributed by atoms with Gasteiger partial charge in [0.1, 0.15) is 6.04 Å². The number of alkyl halides is 2. The molecule has 1 unspecified atom stereocenters. The van der Waals surface area contributed by atoms with E-state index in [1.54, 1.807) is 0 Å². The van der Waals surface area contributed by atoms with Crippen molar-refractivity contribution in [3.05, 3.63) is 0 Å². The maximum Gasteiger partial charge on any atom is 0.265 e. The predicted molar refractivity (Wildman–Crippen MR) is 53.4 cm³/mol. The number of piperidine rings is 1. The Morgan fingerprint density at radius 1 is 1.50 bits per heavy atom. The lowest BCUT2D eigenvalue weighted by atomic mass is 10.1. The summed E-state index contributed by atoms with van der Waals surface area (Å²) in [4.78, 5) is 13.1. The zero-order chi connectivity index (χ0) is 11.6. The fourth-order valence-corrected chi connectivity index (χ4v) is 2.10. The van der Waals surface area contributed by atoms with Crippen molar-refractivity contribution in [1.82, 2.24) is 10.2 Å². The molecule has 2 aliphatic rings. The van der Waals surface area contributed by atoms with Crippen LogP contribution in [0.3, 0.4) is 0 Å². The van der Waals surface area contributed by atoms with Gasteiger partial charge in [-0.3, -0.25) is 4.79 Å². The van der Waals surface area contributed by atoms with Crippen LogP contribution in [0.15, 0.2) is 0 Å². The first kappa shape index (κ1) is 11.7. The molecule has 16 heavy (non-hydrogen) atoms. The van der Waals surface area contributed by atoms with Crippen molar-refractivity contribution in [2.75, 3.05) is 32.8 Å². The minimum Gasteiger partial charge on any atom is -0.378 e. The SMILES string of the molecule is O=C(C1COCCN1)N1CCCC(F)(F)C1. The molecule has 0 aliphatic carbocycles. The van der Waals surface area contributed by atoms with Crippen LogP contribution in [0.1, 0.15) is 12.8 Å². The van der Waals surface area contributed by atoms with Gasteiger partial charge in [-0.25, -0.2) is 8.78 Å². The highest BCUT2D eigenvalue weighted by molar-refractivity contribution is 5.82. The van der Waals surface area contributed by atoms with Gasteiger partial charge in [0, 0.05) is 19.5 Å². The molecule has 0 radical (unpaired) electrons. The number of amides is 1. The lowest BCUT2D eigenvalue weighted by Gasteiger charge is -2.35. The minimum absolute atomic E-state index is 0.120. The molecule has 2 aliphatic heterocycles.